The summed E-state index contributed by atoms with van der Waals surface area (Å²) < 4.78 is 0. The van der Waals surface area contributed by atoms with E-state index in [4.69, 9.17) is 0 Å². The summed E-state index contributed by atoms with van der Waals surface area (Å²) >= 11 is 0. The van der Waals surface area contributed by atoms with Gasteiger partial charge in [-0.25, -0.2) is 0 Å². The van der Waals surface area contributed by atoms with E-state index in [2.05, 4.69) is 5.18 Å². The van der Waals surface area contributed by atoms with Crippen LogP contribution in [0.15, 0.2) is 23.4 Å². The summed E-state index contributed by atoms with van der Waals surface area (Å²) in [6, 6.07) is 5.37. The van der Waals surface area contributed by atoms with Crippen LogP contribution in [0.4, 0.5) is 0 Å². The Morgan fingerprint density at radius 3 is 2.54 bits per heavy atom. The van der Waals surface area contributed by atoms with Gasteiger partial charge in [0.05, 0.1) is 0 Å². The van der Waals surface area contributed by atoms with Crippen LogP contribution in [-0.2, 0) is 0 Å². The second kappa shape index (κ2) is 3.94. The number of benzene rings is 1. The highest BCUT2D eigenvalue weighted by atomic mass is 16.3. The van der Waals surface area contributed by atoms with Crippen molar-refractivity contribution >= 4 is 5.78 Å². The van der Waals surface area contributed by atoms with Crippen molar-refractivity contribution in [1.29, 1.82) is 0 Å². The Hall–Kier alpha value is -1.51. The molecule has 0 aliphatic rings. The number of Topliss-reactive ketones (excluding diaryl/α,β-unsaturated/α-hetero) is 1. The van der Waals surface area contributed by atoms with Crippen LogP contribution in [0.2, 0.25) is 0 Å². The Morgan fingerprint density at radius 1 is 1.31 bits per heavy atom. The molecule has 0 radical (unpaired) electrons. The van der Waals surface area contributed by atoms with E-state index in [-0.39, 0.29) is 12.3 Å². The molecule has 0 fully saturated rings. The van der Waals surface area contributed by atoms with Crippen molar-refractivity contribution in [3.05, 3.63) is 39.8 Å². The molecule has 0 N–H and O–H groups in total. The molecular weight excluding hydrogens is 166 g/mol. The van der Waals surface area contributed by atoms with Gasteiger partial charge in [0.2, 0.25) is 0 Å². The lowest BCUT2D eigenvalue weighted by Crippen LogP contribution is -2.03. The van der Waals surface area contributed by atoms with E-state index in [0.29, 0.717) is 5.56 Å². The van der Waals surface area contributed by atoms with Crippen LogP contribution in [-0.4, -0.2) is 12.3 Å². The smallest absolute Gasteiger partial charge is 0.187 e. The van der Waals surface area contributed by atoms with Crippen LogP contribution >= 0.6 is 0 Å². The summed E-state index contributed by atoms with van der Waals surface area (Å²) in [4.78, 5) is 21.1. The van der Waals surface area contributed by atoms with E-state index >= 15 is 0 Å². The molecular formula is C10H11NO2. The molecule has 0 aromatic heterocycles. The molecule has 0 saturated heterocycles. The lowest BCUT2D eigenvalue weighted by atomic mass is 10.0. The van der Waals surface area contributed by atoms with Crippen molar-refractivity contribution in [1.82, 2.24) is 0 Å². The maximum atomic E-state index is 11.2. The SMILES string of the molecule is Cc1ccc(C(=O)CN=O)cc1C. The van der Waals surface area contributed by atoms with Gasteiger partial charge in [0.25, 0.3) is 0 Å². The Labute approximate surface area is 76.7 Å². The van der Waals surface area contributed by atoms with Gasteiger partial charge in [-0.2, -0.15) is 4.91 Å². The van der Waals surface area contributed by atoms with Gasteiger partial charge in [-0.1, -0.05) is 17.3 Å². The average molecular weight is 177 g/mol. The molecule has 3 nitrogen and oxygen atoms in total. The predicted molar refractivity (Wildman–Crippen MR) is 50.9 cm³/mol. The fourth-order valence-electron chi connectivity index (χ4n) is 1.06. The molecule has 0 amide bonds. The van der Waals surface area contributed by atoms with Crippen LogP contribution in [0.5, 0.6) is 0 Å². The van der Waals surface area contributed by atoms with E-state index < -0.39 is 0 Å². The van der Waals surface area contributed by atoms with Crippen LogP contribution in [0.25, 0.3) is 0 Å². The third-order valence-corrected chi connectivity index (χ3v) is 2.04. The number of carbonyl (C=O) groups is 1. The van der Waals surface area contributed by atoms with Crippen molar-refractivity contribution in [2.24, 2.45) is 5.18 Å². The molecule has 0 saturated carbocycles. The van der Waals surface area contributed by atoms with Crippen LogP contribution < -0.4 is 0 Å². The summed E-state index contributed by atoms with van der Waals surface area (Å²) in [5.74, 6) is -0.224. The topological polar surface area (TPSA) is 46.5 Å². The van der Waals surface area contributed by atoms with Gasteiger partial charge in [-0.05, 0) is 31.0 Å². The molecule has 1 aromatic carbocycles. The highest BCUT2D eigenvalue weighted by molar-refractivity contribution is 5.97. The number of hydrogen-bond donors (Lipinski definition) is 0. The van der Waals surface area contributed by atoms with Crippen molar-refractivity contribution < 1.29 is 4.79 Å². The van der Waals surface area contributed by atoms with Crippen molar-refractivity contribution in [3.63, 3.8) is 0 Å². The summed E-state index contributed by atoms with van der Waals surface area (Å²) in [6.07, 6.45) is 0. The maximum absolute atomic E-state index is 11.2. The maximum Gasteiger partial charge on any atom is 0.187 e. The number of hydrogen-bond acceptors (Lipinski definition) is 3. The molecule has 0 atom stereocenters. The molecule has 68 valence electrons. The third kappa shape index (κ3) is 2.21. The van der Waals surface area contributed by atoms with Gasteiger partial charge in [-0.15, -0.1) is 0 Å². The summed E-state index contributed by atoms with van der Waals surface area (Å²) in [5, 5.41) is 2.56. The highest BCUT2D eigenvalue weighted by Crippen LogP contribution is 2.10. The first-order valence-corrected chi connectivity index (χ1v) is 4.04. The minimum Gasteiger partial charge on any atom is -0.292 e. The summed E-state index contributed by atoms with van der Waals surface area (Å²) in [7, 11) is 0. The second-order valence-corrected chi connectivity index (χ2v) is 3.01. The van der Waals surface area contributed by atoms with E-state index in [9.17, 15) is 9.70 Å². The third-order valence-electron chi connectivity index (χ3n) is 2.04. The molecule has 0 aliphatic carbocycles. The molecule has 3 heteroatoms. The average Bonchev–Trinajstić information content (AvgIpc) is 2.10. The van der Waals surface area contributed by atoms with E-state index in [1.807, 2.05) is 19.9 Å². The Kier molecular flexibility index (Phi) is 2.90. The number of nitrogens with zero attached hydrogens (tertiary/aromatic N) is 1. The first kappa shape index (κ1) is 9.58. The second-order valence-electron chi connectivity index (χ2n) is 3.01. The van der Waals surface area contributed by atoms with Crippen molar-refractivity contribution in [2.45, 2.75) is 13.8 Å². The first-order valence-electron chi connectivity index (χ1n) is 4.04. The number of ketones is 1. The molecule has 0 heterocycles. The van der Waals surface area contributed by atoms with Crippen molar-refractivity contribution in [2.75, 3.05) is 6.54 Å². The molecule has 1 aromatic rings. The molecule has 0 aliphatic heterocycles. The lowest BCUT2D eigenvalue weighted by Gasteiger charge is -2.01. The monoisotopic (exact) mass is 177 g/mol. The normalized spacial score (nSPS) is 9.69. The number of aryl methyl sites for hydroxylation is 2. The quantitative estimate of drug-likeness (QED) is 0.525. The summed E-state index contributed by atoms with van der Waals surface area (Å²) in [6.45, 7) is 3.63. The Balaban J connectivity index is 2.96. The molecule has 13 heavy (non-hydrogen) atoms. The van der Waals surface area contributed by atoms with Gasteiger partial charge >= 0.3 is 0 Å². The van der Waals surface area contributed by atoms with Crippen LogP contribution in [0.3, 0.4) is 0 Å². The first-order chi connectivity index (χ1) is 6.15. The number of carbonyl (C=O) groups excluding carboxylic acids is 1. The summed E-state index contributed by atoms with van der Waals surface area (Å²) in [5.41, 5.74) is 2.75. The minimum atomic E-state index is -0.275. The van der Waals surface area contributed by atoms with Gasteiger partial charge in [0.15, 0.2) is 5.78 Å². The molecule has 0 spiro atoms. The fraction of sp³-hybridized carbons (Fsp3) is 0.300. The minimum absolute atomic E-state index is 0.224. The molecule has 1 rings (SSSR count). The van der Waals surface area contributed by atoms with E-state index in [1.165, 1.54) is 0 Å². The van der Waals surface area contributed by atoms with Gasteiger partial charge in [-0.3, -0.25) is 4.79 Å². The van der Waals surface area contributed by atoms with Gasteiger partial charge in [0.1, 0.15) is 6.54 Å². The van der Waals surface area contributed by atoms with Crippen molar-refractivity contribution in [3.8, 4) is 0 Å². The fourth-order valence-corrected chi connectivity index (χ4v) is 1.06. The van der Waals surface area contributed by atoms with Crippen LogP contribution in [0.1, 0.15) is 21.5 Å². The zero-order chi connectivity index (χ0) is 9.84. The Bertz CT molecular complexity index is 345. The Morgan fingerprint density at radius 2 is 2.00 bits per heavy atom. The number of nitroso groups, excluding NO2 is 1. The lowest BCUT2D eigenvalue weighted by molar-refractivity contribution is 0.100. The molecule has 0 bridgehead atoms. The molecule has 0 unspecified atom stereocenters. The zero-order valence-electron chi connectivity index (χ0n) is 7.70. The standard InChI is InChI=1S/C10H11NO2/c1-7-3-4-9(5-8(7)2)10(12)6-11-13/h3-5H,6H2,1-2H3. The van der Waals surface area contributed by atoms with Crippen LogP contribution in [0, 0.1) is 18.8 Å². The van der Waals surface area contributed by atoms with Gasteiger partial charge < -0.3 is 0 Å². The predicted octanol–water partition coefficient (Wildman–Crippen LogP) is 2.25. The highest BCUT2D eigenvalue weighted by Gasteiger charge is 2.05. The largest absolute Gasteiger partial charge is 0.292 e. The number of rotatable bonds is 3. The van der Waals surface area contributed by atoms with E-state index in [0.717, 1.165) is 11.1 Å². The van der Waals surface area contributed by atoms with E-state index in [1.54, 1.807) is 12.1 Å². The van der Waals surface area contributed by atoms with Gasteiger partial charge in [0, 0.05) is 5.56 Å². The zero-order valence-corrected chi connectivity index (χ0v) is 7.70.